The molecule has 1 aliphatic rings. The summed E-state index contributed by atoms with van der Waals surface area (Å²) in [5, 5.41) is 0.825. The van der Waals surface area contributed by atoms with E-state index in [1.165, 1.54) is 11.1 Å². The van der Waals surface area contributed by atoms with Crippen molar-refractivity contribution in [3.63, 3.8) is 0 Å². The number of halogens is 1. The molecule has 0 radical (unpaired) electrons. The molecule has 1 saturated heterocycles. The Kier molecular flexibility index (Phi) is 2.90. The summed E-state index contributed by atoms with van der Waals surface area (Å²) in [5.41, 5.74) is 3.48. The number of alkyl halides is 1. The lowest BCUT2D eigenvalue weighted by Crippen LogP contribution is -2.24. The Hall–Kier alpha value is -0.940. The van der Waals surface area contributed by atoms with Crippen LogP contribution in [0.3, 0.4) is 0 Å². The van der Waals surface area contributed by atoms with Crippen molar-refractivity contribution in [3.8, 4) is 0 Å². The van der Waals surface area contributed by atoms with Crippen molar-refractivity contribution in [2.45, 2.75) is 25.1 Å². The predicted octanol–water partition coefficient (Wildman–Crippen LogP) is 3.41. The summed E-state index contributed by atoms with van der Waals surface area (Å²) in [6.45, 7) is 4.89. The van der Waals surface area contributed by atoms with Gasteiger partial charge in [0.2, 0.25) is 5.91 Å². The standard InChI is InChI=1S/C13H13BrN2OS/c1-7-3-4-10-12(8(7)2)15-13(18-10)16-6-9(14)5-11(16)17/h3-4,9H,5-6H2,1-2H3. The van der Waals surface area contributed by atoms with E-state index in [-0.39, 0.29) is 10.7 Å². The van der Waals surface area contributed by atoms with Crippen LogP contribution in [0.4, 0.5) is 5.13 Å². The maximum atomic E-state index is 11.9. The van der Waals surface area contributed by atoms with Crippen molar-refractivity contribution in [3.05, 3.63) is 23.3 Å². The van der Waals surface area contributed by atoms with Crippen LogP contribution >= 0.6 is 27.3 Å². The van der Waals surface area contributed by atoms with Gasteiger partial charge in [0.1, 0.15) is 0 Å². The van der Waals surface area contributed by atoms with E-state index >= 15 is 0 Å². The number of aromatic nitrogens is 1. The van der Waals surface area contributed by atoms with Crippen LogP contribution in [0.1, 0.15) is 17.5 Å². The Balaban J connectivity index is 2.09. The smallest absolute Gasteiger partial charge is 0.230 e. The Morgan fingerprint density at radius 2 is 2.22 bits per heavy atom. The SMILES string of the molecule is Cc1ccc2sc(N3CC(Br)CC3=O)nc2c1C. The molecule has 94 valence electrons. The number of carbonyl (C=O) groups excluding carboxylic acids is 1. The molecule has 1 unspecified atom stereocenters. The average Bonchev–Trinajstić information content (AvgIpc) is 2.87. The Morgan fingerprint density at radius 1 is 1.44 bits per heavy atom. The third-order valence-electron chi connectivity index (χ3n) is 3.38. The molecule has 1 fully saturated rings. The molecule has 1 atom stereocenters. The van der Waals surface area contributed by atoms with E-state index in [2.05, 4.69) is 46.9 Å². The number of aryl methyl sites for hydroxylation is 2. The van der Waals surface area contributed by atoms with Crippen molar-refractivity contribution < 1.29 is 4.79 Å². The van der Waals surface area contributed by atoms with Crippen LogP contribution in [0, 0.1) is 13.8 Å². The molecule has 0 bridgehead atoms. The van der Waals surface area contributed by atoms with Crippen molar-refractivity contribution in [2.75, 3.05) is 11.4 Å². The van der Waals surface area contributed by atoms with Gasteiger partial charge in [-0.15, -0.1) is 0 Å². The molecule has 3 rings (SSSR count). The van der Waals surface area contributed by atoms with Gasteiger partial charge in [0.05, 0.1) is 10.2 Å². The number of thiazole rings is 1. The molecule has 0 saturated carbocycles. The molecule has 5 heteroatoms. The quantitative estimate of drug-likeness (QED) is 0.753. The van der Waals surface area contributed by atoms with E-state index in [0.717, 1.165) is 21.9 Å². The van der Waals surface area contributed by atoms with Gasteiger partial charge in [-0.1, -0.05) is 33.3 Å². The fraction of sp³-hybridized carbons (Fsp3) is 0.385. The number of nitrogens with zero attached hydrogens (tertiary/aromatic N) is 2. The second kappa shape index (κ2) is 4.31. The highest BCUT2D eigenvalue weighted by molar-refractivity contribution is 9.09. The first-order chi connectivity index (χ1) is 8.56. The van der Waals surface area contributed by atoms with Gasteiger partial charge in [0, 0.05) is 17.8 Å². The largest absolute Gasteiger partial charge is 0.287 e. The number of rotatable bonds is 1. The van der Waals surface area contributed by atoms with Gasteiger partial charge in [-0.25, -0.2) is 4.98 Å². The topological polar surface area (TPSA) is 33.2 Å². The Morgan fingerprint density at radius 3 is 2.89 bits per heavy atom. The molecule has 1 aromatic carbocycles. The van der Waals surface area contributed by atoms with Crippen LogP contribution in [0.5, 0.6) is 0 Å². The van der Waals surface area contributed by atoms with Crippen LogP contribution in [0.15, 0.2) is 12.1 Å². The number of hydrogen-bond donors (Lipinski definition) is 0. The second-order valence-electron chi connectivity index (χ2n) is 4.66. The summed E-state index contributed by atoms with van der Waals surface area (Å²) in [5.74, 6) is 0.158. The molecule has 2 aromatic rings. The van der Waals surface area contributed by atoms with Gasteiger partial charge >= 0.3 is 0 Å². The first kappa shape index (κ1) is 12.1. The molecule has 2 heterocycles. The van der Waals surface area contributed by atoms with Gasteiger partial charge in [-0.2, -0.15) is 0 Å². The van der Waals surface area contributed by atoms with E-state index < -0.39 is 0 Å². The Labute approximate surface area is 118 Å². The molecule has 0 aliphatic carbocycles. The number of hydrogen-bond acceptors (Lipinski definition) is 3. The molecular weight excluding hydrogens is 312 g/mol. The van der Waals surface area contributed by atoms with E-state index in [4.69, 9.17) is 0 Å². The van der Waals surface area contributed by atoms with E-state index in [0.29, 0.717) is 6.42 Å². The highest BCUT2D eigenvalue weighted by Gasteiger charge is 2.30. The molecule has 0 spiro atoms. The summed E-state index contributed by atoms with van der Waals surface area (Å²) in [6, 6.07) is 4.20. The maximum absolute atomic E-state index is 11.9. The summed E-state index contributed by atoms with van der Waals surface area (Å²) in [7, 11) is 0. The highest BCUT2D eigenvalue weighted by Crippen LogP contribution is 2.34. The number of amides is 1. The van der Waals surface area contributed by atoms with Crippen LogP contribution in [-0.4, -0.2) is 22.3 Å². The summed E-state index contributed by atoms with van der Waals surface area (Å²) < 4.78 is 1.15. The molecule has 1 aromatic heterocycles. The number of benzene rings is 1. The van der Waals surface area contributed by atoms with Gasteiger partial charge in [0.25, 0.3) is 0 Å². The minimum atomic E-state index is 0.158. The van der Waals surface area contributed by atoms with E-state index in [1.807, 2.05) is 0 Å². The summed E-state index contributed by atoms with van der Waals surface area (Å²) >= 11 is 5.10. The third-order valence-corrected chi connectivity index (χ3v) is 5.04. The molecule has 0 N–H and O–H groups in total. The highest BCUT2D eigenvalue weighted by atomic mass is 79.9. The normalized spacial score (nSPS) is 20.1. The van der Waals surface area contributed by atoms with Crippen LogP contribution < -0.4 is 4.90 Å². The zero-order valence-electron chi connectivity index (χ0n) is 10.2. The van der Waals surface area contributed by atoms with Crippen molar-refractivity contribution in [1.29, 1.82) is 0 Å². The zero-order valence-corrected chi connectivity index (χ0v) is 12.6. The number of fused-ring (bicyclic) bond motifs is 1. The van der Waals surface area contributed by atoms with Crippen molar-refractivity contribution in [2.24, 2.45) is 0 Å². The molecule has 3 nitrogen and oxygen atoms in total. The van der Waals surface area contributed by atoms with Gasteiger partial charge in [-0.3, -0.25) is 9.69 Å². The molecule has 1 aliphatic heterocycles. The molecular formula is C13H13BrN2OS. The number of anilines is 1. The second-order valence-corrected chi connectivity index (χ2v) is 6.96. The minimum Gasteiger partial charge on any atom is -0.287 e. The fourth-order valence-electron chi connectivity index (χ4n) is 2.18. The van der Waals surface area contributed by atoms with Gasteiger partial charge < -0.3 is 0 Å². The monoisotopic (exact) mass is 324 g/mol. The summed E-state index contributed by atoms with van der Waals surface area (Å²) in [6.07, 6.45) is 0.563. The molecule has 18 heavy (non-hydrogen) atoms. The lowest BCUT2D eigenvalue weighted by atomic mass is 10.1. The lowest BCUT2D eigenvalue weighted by molar-refractivity contribution is -0.117. The average molecular weight is 325 g/mol. The zero-order chi connectivity index (χ0) is 12.9. The van der Waals surface area contributed by atoms with Crippen molar-refractivity contribution in [1.82, 2.24) is 4.98 Å². The fourth-order valence-corrected chi connectivity index (χ4v) is 3.80. The molecule has 1 amide bonds. The first-order valence-electron chi connectivity index (χ1n) is 5.87. The first-order valence-corrected chi connectivity index (χ1v) is 7.60. The van der Waals surface area contributed by atoms with Gasteiger partial charge in [0.15, 0.2) is 5.13 Å². The third kappa shape index (κ3) is 1.86. The van der Waals surface area contributed by atoms with Gasteiger partial charge in [-0.05, 0) is 31.0 Å². The maximum Gasteiger partial charge on any atom is 0.230 e. The van der Waals surface area contributed by atoms with Crippen LogP contribution in [-0.2, 0) is 4.79 Å². The van der Waals surface area contributed by atoms with Crippen LogP contribution in [0.25, 0.3) is 10.2 Å². The summed E-state index contributed by atoms with van der Waals surface area (Å²) in [4.78, 5) is 18.6. The predicted molar refractivity (Wildman–Crippen MR) is 78.8 cm³/mol. The number of carbonyl (C=O) groups is 1. The van der Waals surface area contributed by atoms with E-state index in [9.17, 15) is 4.79 Å². The Bertz CT molecular complexity index is 637. The van der Waals surface area contributed by atoms with E-state index in [1.54, 1.807) is 16.2 Å². The van der Waals surface area contributed by atoms with Crippen LogP contribution in [0.2, 0.25) is 0 Å². The van der Waals surface area contributed by atoms with Crippen molar-refractivity contribution >= 4 is 48.5 Å². The minimum absolute atomic E-state index is 0.158. The lowest BCUT2D eigenvalue weighted by Gasteiger charge is -2.10.